The average Bonchev–Trinajstić information content (AvgIpc) is 3.14. The van der Waals surface area contributed by atoms with Gasteiger partial charge in [-0.3, -0.25) is 9.89 Å². The van der Waals surface area contributed by atoms with Crippen LogP contribution in [0.2, 0.25) is 5.02 Å². The molecule has 0 spiro atoms. The van der Waals surface area contributed by atoms with Gasteiger partial charge < -0.3 is 14.5 Å². The number of nitrogens with one attached hydrogen (secondary N) is 2. The van der Waals surface area contributed by atoms with Gasteiger partial charge in [0.25, 0.3) is 0 Å². The number of imidazole rings is 1. The molecule has 1 aliphatic carbocycles. The van der Waals surface area contributed by atoms with Crippen molar-refractivity contribution in [2.45, 2.75) is 24.9 Å². The summed E-state index contributed by atoms with van der Waals surface area (Å²) in [7, 11) is 0.821. The Morgan fingerprint density at radius 2 is 2.09 bits per heavy atom. The van der Waals surface area contributed by atoms with E-state index in [2.05, 4.69) is 25.2 Å². The summed E-state index contributed by atoms with van der Waals surface area (Å²) < 4.78 is 74.9. The molecule has 3 unspecified atom stereocenters. The maximum absolute atomic E-state index is 15.2. The molecule has 1 amide bonds. The Balaban J connectivity index is 1.60. The zero-order valence-electron chi connectivity index (χ0n) is 17.3. The number of hydrogen-bond acceptors (Lipinski definition) is 4. The number of fused-ring (bicyclic) bond motifs is 2. The largest absolute Gasteiger partial charge is 0.419 e. The van der Waals surface area contributed by atoms with E-state index in [0.717, 1.165) is 7.11 Å². The van der Waals surface area contributed by atoms with Gasteiger partial charge in [-0.2, -0.15) is 18.3 Å². The second-order valence-electron chi connectivity index (χ2n) is 7.89. The lowest BCUT2D eigenvalue weighted by molar-refractivity contribution is -0.216. The molecule has 7 nitrogen and oxygen atoms in total. The first-order chi connectivity index (χ1) is 16.1. The van der Waals surface area contributed by atoms with Crippen molar-refractivity contribution in [1.82, 2.24) is 19.6 Å². The number of amides is 1. The summed E-state index contributed by atoms with van der Waals surface area (Å²) in [6.45, 7) is 0. The fourth-order valence-corrected chi connectivity index (χ4v) is 4.25. The molecule has 0 bridgehead atoms. The van der Waals surface area contributed by atoms with Crippen molar-refractivity contribution in [1.29, 1.82) is 0 Å². The molecule has 178 valence electrons. The van der Waals surface area contributed by atoms with Crippen LogP contribution >= 0.6 is 11.6 Å². The molecule has 34 heavy (non-hydrogen) atoms. The molecule has 13 heteroatoms. The van der Waals surface area contributed by atoms with Gasteiger partial charge in [0.1, 0.15) is 11.8 Å². The molecular formula is C21H15ClF5N5O2. The van der Waals surface area contributed by atoms with Gasteiger partial charge in [0.2, 0.25) is 5.91 Å². The molecule has 3 aromatic heterocycles. The number of halogens is 6. The number of hydrogen-bond donors (Lipinski definition) is 2. The van der Waals surface area contributed by atoms with Crippen molar-refractivity contribution in [2.24, 2.45) is 5.92 Å². The summed E-state index contributed by atoms with van der Waals surface area (Å²) in [5.41, 5.74) is -0.110. The normalized spacial score (nSPS) is 19.0. The van der Waals surface area contributed by atoms with Crippen LogP contribution in [0.15, 0.2) is 30.7 Å². The van der Waals surface area contributed by atoms with Gasteiger partial charge in [0.05, 0.1) is 34.4 Å². The minimum absolute atomic E-state index is 0.114. The molecule has 5 rings (SSSR count). The number of pyridine rings is 1. The molecule has 3 atom stereocenters. The molecule has 0 aliphatic heterocycles. The first-order valence-corrected chi connectivity index (χ1v) is 10.4. The summed E-state index contributed by atoms with van der Waals surface area (Å²) in [5, 5.41) is 8.35. The van der Waals surface area contributed by atoms with Crippen LogP contribution in [0.5, 0.6) is 0 Å². The Morgan fingerprint density at radius 1 is 1.35 bits per heavy atom. The summed E-state index contributed by atoms with van der Waals surface area (Å²) in [5.74, 6) is -2.27. The maximum atomic E-state index is 15.2. The van der Waals surface area contributed by atoms with E-state index in [1.54, 1.807) is 12.1 Å². The number of nitrogens with zero attached hydrogens (tertiary/aromatic N) is 3. The van der Waals surface area contributed by atoms with Crippen LogP contribution in [-0.2, 0) is 9.53 Å². The van der Waals surface area contributed by atoms with Crippen molar-refractivity contribution < 1.29 is 31.5 Å². The molecule has 1 aliphatic rings. The molecule has 1 saturated carbocycles. The Bertz CT molecular complexity index is 1430. The third kappa shape index (κ3) is 3.66. The third-order valence-electron chi connectivity index (χ3n) is 5.66. The number of carbonyl (C=O) groups is 1. The van der Waals surface area contributed by atoms with E-state index in [4.69, 9.17) is 11.6 Å². The minimum atomic E-state index is -4.89. The maximum Gasteiger partial charge on any atom is 0.419 e. The lowest BCUT2D eigenvalue weighted by Gasteiger charge is -2.22. The van der Waals surface area contributed by atoms with E-state index in [1.165, 1.54) is 23.0 Å². The third-order valence-corrected chi connectivity index (χ3v) is 6.02. The fraction of sp³-hybridized carbons (Fsp3) is 0.286. The highest BCUT2D eigenvalue weighted by Gasteiger charge is 2.45. The first-order valence-electron chi connectivity index (χ1n) is 9.97. The smallest absolute Gasteiger partial charge is 0.367 e. The Hall–Kier alpha value is -3.25. The van der Waals surface area contributed by atoms with Gasteiger partial charge in [0.15, 0.2) is 17.7 Å². The van der Waals surface area contributed by atoms with Gasteiger partial charge >= 0.3 is 6.18 Å². The summed E-state index contributed by atoms with van der Waals surface area (Å²) in [6, 6.07) is 3.11. The zero-order chi connectivity index (χ0) is 24.4. The summed E-state index contributed by atoms with van der Waals surface area (Å²) >= 11 is 6.24. The van der Waals surface area contributed by atoms with Crippen molar-refractivity contribution in [3.05, 3.63) is 47.1 Å². The zero-order valence-corrected chi connectivity index (χ0v) is 18.0. The fourth-order valence-electron chi connectivity index (χ4n) is 3.93. The van der Waals surface area contributed by atoms with Crippen LogP contribution < -0.4 is 5.32 Å². The van der Waals surface area contributed by atoms with E-state index in [0.29, 0.717) is 11.2 Å². The number of aromatic amines is 1. The molecule has 3 heterocycles. The number of H-pyrrole nitrogens is 1. The Kier molecular flexibility index (Phi) is 5.24. The lowest BCUT2D eigenvalue weighted by Crippen LogP contribution is -2.24. The number of ether oxygens (including phenoxy) is 1. The molecular weight excluding hydrogens is 485 g/mol. The Morgan fingerprint density at radius 3 is 2.74 bits per heavy atom. The van der Waals surface area contributed by atoms with Crippen molar-refractivity contribution >= 4 is 39.9 Å². The van der Waals surface area contributed by atoms with Crippen LogP contribution in [-0.4, -0.2) is 44.9 Å². The van der Waals surface area contributed by atoms with Gasteiger partial charge in [-0.05, 0) is 18.6 Å². The number of anilines is 1. The second-order valence-corrected chi connectivity index (χ2v) is 8.27. The van der Waals surface area contributed by atoms with Crippen molar-refractivity contribution in [3.63, 3.8) is 0 Å². The number of aromatic nitrogens is 4. The summed E-state index contributed by atoms with van der Waals surface area (Å²) in [6.07, 6.45) is -4.19. The monoisotopic (exact) mass is 499 g/mol. The van der Waals surface area contributed by atoms with E-state index in [-0.39, 0.29) is 28.7 Å². The predicted molar refractivity (Wildman–Crippen MR) is 113 cm³/mol. The standard InChI is InChI=1S/C21H15ClF5N5O2/c1-34-19(21(25,26)27)15-17(24)16(22)14(10-5-28-31-18(10)15)8-2-3-13-29-12(7-32(13)6-8)30-20(33)9-4-11(9)23/h2-3,5-7,9,11,19H,4H2,1H3,(H,28,31)(H,30,33). The molecule has 4 aromatic rings. The molecule has 1 aromatic carbocycles. The van der Waals surface area contributed by atoms with E-state index >= 15 is 4.39 Å². The number of rotatable bonds is 5. The second kappa shape index (κ2) is 7.91. The van der Waals surface area contributed by atoms with Crippen LogP contribution in [0.1, 0.15) is 18.1 Å². The number of carbonyl (C=O) groups excluding carboxylic acids is 1. The van der Waals surface area contributed by atoms with Gasteiger partial charge in [0, 0.05) is 29.8 Å². The van der Waals surface area contributed by atoms with Crippen LogP contribution in [0.3, 0.4) is 0 Å². The highest BCUT2D eigenvalue weighted by molar-refractivity contribution is 6.35. The molecule has 0 saturated heterocycles. The number of alkyl halides is 4. The summed E-state index contributed by atoms with van der Waals surface area (Å²) in [4.78, 5) is 16.2. The van der Waals surface area contributed by atoms with E-state index < -0.39 is 46.7 Å². The average molecular weight is 500 g/mol. The SMILES string of the molecule is COC(c1c(F)c(Cl)c(-c2ccc3nc(NC(=O)C4CC4F)cn3c2)c2cn[nH]c12)C(F)(F)F. The minimum Gasteiger partial charge on any atom is -0.367 e. The van der Waals surface area contributed by atoms with Gasteiger partial charge in [-0.15, -0.1) is 0 Å². The van der Waals surface area contributed by atoms with Crippen LogP contribution in [0.4, 0.5) is 27.8 Å². The number of methoxy groups -OCH3 is 1. The molecule has 0 radical (unpaired) electrons. The lowest BCUT2D eigenvalue weighted by atomic mass is 9.97. The molecule has 2 N–H and O–H groups in total. The topological polar surface area (TPSA) is 84.3 Å². The van der Waals surface area contributed by atoms with Crippen molar-refractivity contribution in [2.75, 3.05) is 12.4 Å². The predicted octanol–water partition coefficient (Wildman–Crippen LogP) is 5.22. The molecule has 1 fully saturated rings. The van der Waals surface area contributed by atoms with Crippen LogP contribution in [0, 0.1) is 11.7 Å². The highest BCUT2D eigenvalue weighted by Crippen LogP contribution is 2.45. The van der Waals surface area contributed by atoms with Crippen molar-refractivity contribution in [3.8, 4) is 11.1 Å². The van der Waals surface area contributed by atoms with E-state index in [9.17, 15) is 22.4 Å². The van der Waals surface area contributed by atoms with Crippen LogP contribution in [0.25, 0.3) is 27.7 Å². The Labute approximate surface area is 192 Å². The first kappa shape index (κ1) is 22.5. The number of benzene rings is 1. The van der Waals surface area contributed by atoms with E-state index in [1.807, 2.05) is 0 Å². The quantitative estimate of drug-likeness (QED) is 0.369. The van der Waals surface area contributed by atoms with Gasteiger partial charge in [-0.1, -0.05) is 11.6 Å². The highest BCUT2D eigenvalue weighted by atomic mass is 35.5. The van der Waals surface area contributed by atoms with Gasteiger partial charge in [-0.25, -0.2) is 13.8 Å².